The zero-order valence-corrected chi connectivity index (χ0v) is 10.9. The number of benzene rings is 1. The van der Waals surface area contributed by atoms with Crippen molar-refractivity contribution in [2.24, 2.45) is 11.8 Å². The Kier molecular flexibility index (Phi) is 4.37. The molecule has 2 rings (SSSR count). The quantitative estimate of drug-likeness (QED) is 0.841. The number of carbonyl (C=O) groups is 1. The lowest BCUT2D eigenvalue weighted by Crippen LogP contribution is -2.21. The van der Waals surface area contributed by atoms with Crippen molar-refractivity contribution in [1.29, 1.82) is 0 Å². The summed E-state index contributed by atoms with van der Waals surface area (Å²) in [5.74, 6) is 0.802. The third-order valence-electron chi connectivity index (χ3n) is 3.74. The lowest BCUT2D eigenvalue weighted by atomic mass is 10.1. The molecule has 1 saturated carbocycles. The third kappa shape index (κ3) is 3.57. The van der Waals surface area contributed by atoms with Crippen LogP contribution in [0.4, 0.5) is 0 Å². The van der Waals surface area contributed by atoms with Crippen molar-refractivity contribution in [1.82, 2.24) is 5.32 Å². The molecule has 2 unspecified atom stereocenters. The van der Waals surface area contributed by atoms with Gasteiger partial charge in [0.05, 0.1) is 5.56 Å². The molecule has 0 saturated heterocycles. The fourth-order valence-corrected chi connectivity index (χ4v) is 2.75. The van der Waals surface area contributed by atoms with Crippen molar-refractivity contribution >= 4 is 5.97 Å². The summed E-state index contributed by atoms with van der Waals surface area (Å²) in [4.78, 5) is 10.9. The summed E-state index contributed by atoms with van der Waals surface area (Å²) in [6.45, 7) is 4.12. The van der Waals surface area contributed by atoms with Gasteiger partial charge in [0.1, 0.15) is 0 Å². The first-order chi connectivity index (χ1) is 8.65. The minimum atomic E-state index is -0.860. The first-order valence-electron chi connectivity index (χ1n) is 6.68. The van der Waals surface area contributed by atoms with E-state index in [2.05, 4.69) is 12.2 Å². The summed E-state index contributed by atoms with van der Waals surface area (Å²) in [5, 5.41) is 12.4. The molecule has 0 spiro atoms. The van der Waals surface area contributed by atoms with Gasteiger partial charge in [-0.05, 0) is 48.9 Å². The largest absolute Gasteiger partial charge is 0.478 e. The van der Waals surface area contributed by atoms with Crippen LogP contribution in [0.2, 0.25) is 0 Å². The van der Waals surface area contributed by atoms with Crippen molar-refractivity contribution in [3.8, 4) is 0 Å². The highest BCUT2D eigenvalue weighted by molar-refractivity contribution is 5.87. The van der Waals surface area contributed by atoms with Gasteiger partial charge in [0.2, 0.25) is 0 Å². The normalized spacial score (nSPS) is 23.2. The van der Waals surface area contributed by atoms with Crippen LogP contribution in [0, 0.1) is 11.8 Å². The molecule has 2 atom stereocenters. The van der Waals surface area contributed by atoms with Crippen LogP contribution < -0.4 is 5.32 Å². The lowest BCUT2D eigenvalue weighted by molar-refractivity contribution is 0.0696. The standard InChI is InChI=1S/C15H21NO2/c1-11-5-6-13(7-11)10-16-9-12-3-2-4-14(8-12)15(17)18/h2-4,8,11,13,16H,5-7,9-10H2,1H3,(H,17,18). The van der Waals surface area contributed by atoms with Gasteiger partial charge in [0, 0.05) is 6.54 Å². The van der Waals surface area contributed by atoms with Gasteiger partial charge in [-0.2, -0.15) is 0 Å². The van der Waals surface area contributed by atoms with Gasteiger partial charge in [0.25, 0.3) is 0 Å². The maximum Gasteiger partial charge on any atom is 0.335 e. The van der Waals surface area contributed by atoms with E-state index in [1.54, 1.807) is 18.2 Å². The highest BCUT2D eigenvalue weighted by Crippen LogP contribution is 2.29. The third-order valence-corrected chi connectivity index (χ3v) is 3.74. The molecule has 1 aliphatic rings. The maximum absolute atomic E-state index is 10.9. The SMILES string of the molecule is CC1CCC(CNCc2cccc(C(=O)O)c2)C1. The Bertz CT molecular complexity index is 417. The van der Waals surface area contributed by atoms with Crippen LogP contribution in [0.5, 0.6) is 0 Å². The average molecular weight is 247 g/mol. The topological polar surface area (TPSA) is 49.3 Å². The zero-order chi connectivity index (χ0) is 13.0. The molecule has 1 aliphatic carbocycles. The van der Waals surface area contributed by atoms with Gasteiger partial charge in [-0.15, -0.1) is 0 Å². The molecule has 18 heavy (non-hydrogen) atoms. The Balaban J connectivity index is 1.79. The number of carboxylic acids is 1. The monoisotopic (exact) mass is 247 g/mol. The second-order valence-electron chi connectivity index (χ2n) is 5.42. The molecule has 0 aliphatic heterocycles. The molecule has 0 radical (unpaired) electrons. The molecule has 0 amide bonds. The van der Waals surface area contributed by atoms with Gasteiger partial charge in [-0.1, -0.05) is 25.5 Å². The fraction of sp³-hybridized carbons (Fsp3) is 0.533. The van der Waals surface area contributed by atoms with Crippen LogP contribution in [0.15, 0.2) is 24.3 Å². The summed E-state index contributed by atoms with van der Waals surface area (Å²) in [5.41, 5.74) is 1.41. The molecule has 0 bridgehead atoms. The van der Waals surface area contributed by atoms with Crippen molar-refractivity contribution in [2.45, 2.75) is 32.7 Å². The molecular formula is C15H21NO2. The van der Waals surface area contributed by atoms with Crippen LogP contribution in [0.1, 0.15) is 42.1 Å². The molecule has 3 heteroatoms. The summed E-state index contributed by atoms with van der Waals surface area (Å²) < 4.78 is 0. The van der Waals surface area contributed by atoms with E-state index in [0.717, 1.165) is 30.5 Å². The second kappa shape index (κ2) is 6.01. The smallest absolute Gasteiger partial charge is 0.335 e. The van der Waals surface area contributed by atoms with E-state index in [4.69, 9.17) is 5.11 Å². The number of nitrogens with one attached hydrogen (secondary N) is 1. The van der Waals surface area contributed by atoms with Crippen LogP contribution in [0.25, 0.3) is 0 Å². The first kappa shape index (κ1) is 13.1. The Morgan fingerprint density at radius 1 is 1.44 bits per heavy atom. The van der Waals surface area contributed by atoms with Gasteiger partial charge < -0.3 is 10.4 Å². The van der Waals surface area contributed by atoms with Gasteiger partial charge in [-0.25, -0.2) is 4.79 Å². The Morgan fingerprint density at radius 2 is 2.28 bits per heavy atom. The summed E-state index contributed by atoms with van der Waals surface area (Å²) in [6, 6.07) is 7.14. The minimum absolute atomic E-state index is 0.365. The highest BCUT2D eigenvalue weighted by atomic mass is 16.4. The Hall–Kier alpha value is -1.35. The predicted octanol–water partition coefficient (Wildman–Crippen LogP) is 2.91. The molecule has 1 fully saturated rings. The van der Waals surface area contributed by atoms with Crippen LogP contribution in [-0.2, 0) is 6.54 Å². The number of aromatic carboxylic acids is 1. The average Bonchev–Trinajstić information content (AvgIpc) is 2.75. The van der Waals surface area contributed by atoms with Crippen LogP contribution >= 0.6 is 0 Å². The van der Waals surface area contributed by atoms with E-state index in [0.29, 0.717) is 5.56 Å². The number of rotatable bonds is 5. The molecule has 0 aromatic heterocycles. The van der Waals surface area contributed by atoms with Crippen LogP contribution in [0.3, 0.4) is 0 Å². The summed E-state index contributed by atoms with van der Waals surface area (Å²) in [7, 11) is 0. The van der Waals surface area contributed by atoms with Crippen molar-refractivity contribution in [3.63, 3.8) is 0 Å². The molecule has 1 aromatic carbocycles. The minimum Gasteiger partial charge on any atom is -0.478 e. The predicted molar refractivity (Wildman–Crippen MR) is 71.6 cm³/mol. The van der Waals surface area contributed by atoms with Crippen molar-refractivity contribution in [2.75, 3.05) is 6.54 Å². The molecule has 98 valence electrons. The molecular weight excluding hydrogens is 226 g/mol. The van der Waals surface area contributed by atoms with Crippen molar-refractivity contribution in [3.05, 3.63) is 35.4 Å². The number of carboxylic acid groups (broad SMARTS) is 1. The number of hydrogen-bond acceptors (Lipinski definition) is 2. The molecule has 1 aromatic rings. The number of hydrogen-bond donors (Lipinski definition) is 2. The Morgan fingerprint density at radius 3 is 2.94 bits per heavy atom. The Labute approximate surface area is 108 Å². The maximum atomic E-state index is 10.9. The lowest BCUT2D eigenvalue weighted by Gasteiger charge is -2.11. The molecule has 3 nitrogen and oxygen atoms in total. The van der Waals surface area contributed by atoms with Crippen molar-refractivity contribution < 1.29 is 9.90 Å². The summed E-state index contributed by atoms with van der Waals surface area (Å²) in [6.07, 6.45) is 3.99. The van der Waals surface area contributed by atoms with Gasteiger partial charge in [-0.3, -0.25) is 0 Å². The van der Waals surface area contributed by atoms with E-state index < -0.39 is 5.97 Å². The van der Waals surface area contributed by atoms with Gasteiger partial charge in [0.15, 0.2) is 0 Å². The second-order valence-corrected chi connectivity index (χ2v) is 5.42. The fourth-order valence-electron chi connectivity index (χ4n) is 2.75. The zero-order valence-electron chi connectivity index (χ0n) is 10.9. The van der Waals surface area contributed by atoms with E-state index in [1.807, 2.05) is 6.07 Å². The van der Waals surface area contributed by atoms with Crippen LogP contribution in [-0.4, -0.2) is 17.6 Å². The molecule has 0 heterocycles. The van der Waals surface area contributed by atoms with E-state index >= 15 is 0 Å². The van der Waals surface area contributed by atoms with E-state index in [-0.39, 0.29) is 0 Å². The van der Waals surface area contributed by atoms with Gasteiger partial charge >= 0.3 is 5.97 Å². The van der Waals surface area contributed by atoms with E-state index in [9.17, 15) is 4.79 Å². The molecule has 2 N–H and O–H groups in total. The van der Waals surface area contributed by atoms with E-state index in [1.165, 1.54) is 19.3 Å². The summed E-state index contributed by atoms with van der Waals surface area (Å²) >= 11 is 0. The first-order valence-corrected chi connectivity index (χ1v) is 6.68. The highest BCUT2D eigenvalue weighted by Gasteiger charge is 2.20.